The topological polar surface area (TPSA) is 120 Å². The van der Waals surface area contributed by atoms with E-state index >= 15 is 0 Å². The molecule has 0 aliphatic rings. The van der Waals surface area contributed by atoms with Crippen LogP contribution in [0, 0.1) is 19.7 Å². The van der Waals surface area contributed by atoms with Crippen molar-refractivity contribution in [1.82, 2.24) is 29.5 Å². The van der Waals surface area contributed by atoms with Crippen LogP contribution in [0.5, 0.6) is 5.88 Å². The van der Waals surface area contributed by atoms with Gasteiger partial charge in [-0.1, -0.05) is 6.07 Å². The van der Waals surface area contributed by atoms with Gasteiger partial charge < -0.3 is 14.5 Å². The minimum Gasteiger partial charge on any atom is -0.481 e. The highest BCUT2D eigenvalue weighted by molar-refractivity contribution is 6.03. The Hall–Kier alpha value is -4.67. The van der Waals surface area contributed by atoms with Gasteiger partial charge in [-0.2, -0.15) is 4.98 Å². The number of pyridine rings is 1. The molecule has 0 aliphatic heterocycles. The SMILES string of the molecule is COc1cccc(-c2cnc3nc(-c4cc(NC(=O)c5oc(C)nc5C)ccc4F)nn3c2)n1. The van der Waals surface area contributed by atoms with E-state index in [4.69, 9.17) is 9.15 Å². The Morgan fingerprint density at radius 1 is 1.15 bits per heavy atom. The molecule has 0 fully saturated rings. The fourth-order valence-corrected chi connectivity index (χ4v) is 3.42. The Bertz CT molecular complexity index is 1540. The molecule has 10 nitrogen and oxygen atoms in total. The first-order chi connectivity index (χ1) is 16.4. The van der Waals surface area contributed by atoms with Crippen molar-refractivity contribution in [2.45, 2.75) is 13.8 Å². The monoisotopic (exact) mass is 459 g/mol. The Morgan fingerprint density at radius 2 is 2.00 bits per heavy atom. The smallest absolute Gasteiger partial charge is 0.293 e. The molecule has 11 heteroatoms. The standard InChI is InChI=1S/C23H18FN7O3/c1-12-20(34-13(2)26-12)22(32)27-15-7-8-17(24)16(9-15)21-29-23-25-10-14(11-31(23)30-21)18-5-4-6-19(28-18)33-3/h4-11H,1-3H3,(H,27,32). The Balaban J connectivity index is 1.47. The first-order valence-electron chi connectivity index (χ1n) is 10.2. The van der Waals surface area contributed by atoms with E-state index in [1.807, 2.05) is 12.1 Å². The number of oxazole rings is 1. The van der Waals surface area contributed by atoms with Crippen LogP contribution in [-0.2, 0) is 0 Å². The van der Waals surface area contributed by atoms with Crippen molar-refractivity contribution < 1.29 is 18.3 Å². The zero-order valence-corrected chi connectivity index (χ0v) is 18.4. The molecule has 0 bridgehead atoms. The van der Waals surface area contributed by atoms with Crippen molar-refractivity contribution in [3.63, 3.8) is 0 Å². The quantitative estimate of drug-likeness (QED) is 0.421. The van der Waals surface area contributed by atoms with Crippen LogP contribution >= 0.6 is 0 Å². The van der Waals surface area contributed by atoms with Gasteiger partial charge in [0, 0.05) is 36.6 Å². The van der Waals surface area contributed by atoms with Crippen molar-refractivity contribution in [2.75, 3.05) is 12.4 Å². The minimum atomic E-state index is -0.546. The second-order valence-corrected chi connectivity index (χ2v) is 7.38. The molecule has 5 aromatic rings. The minimum absolute atomic E-state index is 0.0945. The number of rotatable bonds is 5. The molecule has 0 radical (unpaired) electrons. The number of amides is 1. The predicted octanol–water partition coefficient (Wildman–Crippen LogP) is 3.86. The van der Waals surface area contributed by atoms with Crippen LogP contribution in [0.1, 0.15) is 22.1 Å². The summed E-state index contributed by atoms with van der Waals surface area (Å²) in [5.74, 6) is 0.302. The summed E-state index contributed by atoms with van der Waals surface area (Å²) in [6.07, 6.45) is 3.30. The number of nitrogens with zero attached hydrogens (tertiary/aromatic N) is 6. The molecule has 0 spiro atoms. The maximum Gasteiger partial charge on any atom is 0.293 e. The van der Waals surface area contributed by atoms with E-state index in [-0.39, 0.29) is 22.9 Å². The number of fused-ring (bicyclic) bond motifs is 1. The van der Waals surface area contributed by atoms with Crippen LogP contribution < -0.4 is 10.1 Å². The van der Waals surface area contributed by atoms with E-state index in [1.165, 1.54) is 29.8 Å². The van der Waals surface area contributed by atoms with Crippen LogP contribution in [0.25, 0.3) is 28.4 Å². The van der Waals surface area contributed by atoms with Crippen molar-refractivity contribution in [2.24, 2.45) is 0 Å². The van der Waals surface area contributed by atoms with Crippen LogP contribution in [0.4, 0.5) is 10.1 Å². The molecular weight excluding hydrogens is 441 g/mol. The summed E-state index contributed by atoms with van der Waals surface area (Å²) in [6.45, 7) is 3.32. The van der Waals surface area contributed by atoms with Gasteiger partial charge in [-0.15, -0.1) is 5.10 Å². The Morgan fingerprint density at radius 3 is 2.76 bits per heavy atom. The molecule has 34 heavy (non-hydrogen) atoms. The van der Waals surface area contributed by atoms with E-state index in [0.717, 1.165) is 0 Å². The zero-order chi connectivity index (χ0) is 23.8. The summed E-state index contributed by atoms with van der Waals surface area (Å²) >= 11 is 0. The van der Waals surface area contributed by atoms with Crippen LogP contribution in [0.2, 0.25) is 0 Å². The Kier molecular flexibility index (Phi) is 5.21. The number of halogens is 1. The molecule has 4 aromatic heterocycles. The molecule has 170 valence electrons. The van der Waals surface area contributed by atoms with Gasteiger partial charge in [0.05, 0.1) is 24.1 Å². The van der Waals surface area contributed by atoms with Gasteiger partial charge in [0.1, 0.15) is 5.82 Å². The summed E-state index contributed by atoms with van der Waals surface area (Å²) in [5.41, 5.74) is 2.24. The largest absolute Gasteiger partial charge is 0.481 e. The Labute approximate surface area is 192 Å². The first kappa shape index (κ1) is 21.2. The molecule has 0 aliphatic carbocycles. The van der Waals surface area contributed by atoms with Gasteiger partial charge in [-0.25, -0.2) is 23.9 Å². The second-order valence-electron chi connectivity index (χ2n) is 7.38. The lowest BCUT2D eigenvalue weighted by Crippen LogP contribution is -2.12. The van der Waals surface area contributed by atoms with Gasteiger partial charge >= 0.3 is 0 Å². The van der Waals surface area contributed by atoms with E-state index in [1.54, 1.807) is 32.3 Å². The number of carbonyl (C=O) groups excluding carboxylic acids is 1. The van der Waals surface area contributed by atoms with Crippen LogP contribution in [0.3, 0.4) is 0 Å². The maximum atomic E-state index is 14.7. The number of ether oxygens (including phenoxy) is 1. The average molecular weight is 459 g/mol. The average Bonchev–Trinajstić information content (AvgIpc) is 3.41. The van der Waals surface area contributed by atoms with E-state index in [9.17, 15) is 9.18 Å². The van der Waals surface area contributed by atoms with Crippen LogP contribution in [0.15, 0.2) is 53.2 Å². The van der Waals surface area contributed by atoms with Crippen LogP contribution in [-0.4, -0.2) is 42.6 Å². The van der Waals surface area contributed by atoms with E-state index < -0.39 is 11.7 Å². The summed E-state index contributed by atoms with van der Waals surface area (Å²) in [6, 6.07) is 9.49. The number of carbonyl (C=O) groups is 1. The van der Waals surface area contributed by atoms with Gasteiger partial charge in [-0.3, -0.25) is 4.79 Å². The summed E-state index contributed by atoms with van der Waals surface area (Å²) < 4.78 is 26.6. The molecule has 0 atom stereocenters. The van der Waals surface area contributed by atoms with E-state index in [2.05, 4.69) is 30.4 Å². The third-order valence-corrected chi connectivity index (χ3v) is 5.00. The highest BCUT2D eigenvalue weighted by Gasteiger charge is 2.18. The molecular formula is C23H18FN7O3. The highest BCUT2D eigenvalue weighted by Crippen LogP contribution is 2.25. The lowest BCUT2D eigenvalue weighted by Gasteiger charge is -2.06. The zero-order valence-electron chi connectivity index (χ0n) is 18.4. The molecule has 0 unspecified atom stereocenters. The number of hydrogen-bond acceptors (Lipinski definition) is 8. The summed E-state index contributed by atoms with van der Waals surface area (Å²) in [4.78, 5) is 29.6. The first-order valence-corrected chi connectivity index (χ1v) is 10.2. The second kappa shape index (κ2) is 8.35. The highest BCUT2D eigenvalue weighted by atomic mass is 19.1. The number of hydrogen-bond donors (Lipinski definition) is 1. The molecule has 0 saturated heterocycles. The summed E-state index contributed by atoms with van der Waals surface area (Å²) in [7, 11) is 1.54. The van der Waals surface area contributed by atoms with Gasteiger partial charge in [0.15, 0.2) is 11.7 Å². The lowest BCUT2D eigenvalue weighted by atomic mass is 10.1. The number of benzene rings is 1. The predicted molar refractivity (Wildman–Crippen MR) is 120 cm³/mol. The number of nitrogens with one attached hydrogen (secondary N) is 1. The van der Waals surface area contributed by atoms with Gasteiger partial charge in [0.2, 0.25) is 11.6 Å². The number of methoxy groups -OCH3 is 1. The van der Waals surface area contributed by atoms with Crippen molar-refractivity contribution in [3.05, 3.63) is 72.0 Å². The van der Waals surface area contributed by atoms with Gasteiger partial charge in [0.25, 0.3) is 11.7 Å². The molecule has 4 heterocycles. The van der Waals surface area contributed by atoms with Crippen molar-refractivity contribution >= 4 is 17.4 Å². The number of aromatic nitrogens is 6. The number of aryl methyl sites for hydroxylation is 2. The molecule has 5 rings (SSSR count). The van der Waals surface area contributed by atoms with Gasteiger partial charge in [-0.05, 0) is 31.2 Å². The maximum absolute atomic E-state index is 14.7. The molecule has 0 saturated carbocycles. The molecule has 1 aromatic carbocycles. The lowest BCUT2D eigenvalue weighted by molar-refractivity contribution is 0.0994. The molecule has 1 N–H and O–H groups in total. The molecule has 1 amide bonds. The van der Waals surface area contributed by atoms with E-state index in [0.29, 0.717) is 34.4 Å². The van der Waals surface area contributed by atoms with Crippen molar-refractivity contribution in [3.8, 4) is 28.5 Å². The fourth-order valence-electron chi connectivity index (χ4n) is 3.42. The normalized spacial score (nSPS) is 11.1. The third kappa shape index (κ3) is 3.94. The summed E-state index contributed by atoms with van der Waals surface area (Å²) in [5, 5.41) is 7.06. The fraction of sp³-hybridized carbons (Fsp3) is 0.130. The number of anilines is 1. The third-order valence-electron chi connectivity index (χ3n) is 5.00. The van der Waals surface area contributed by atoms with Crippen molar-refractivity contribution in [1.29, 1.82) is 0 Å².